The number of hydrogen-bond donors (Lipinski definition) is 2. The van der Waals surface area contributed by atoms with E-state index in [9.17, 15) is 19.2 Å². The van der Waals surface area contributed by atoms with Crippen LogP contribution in [0.2, 0.25) is 0 Å². The van der Waals surface area contributed by atoms with Gasteiger partial charge in [0.1, 0.15) is 13.2 Å². The topological polar surface area (TPSA) is 127 Å². The number of hydrogen-bond acceptors (Lipinski definition) is 6. The molecule has 1 atom stereocenters. The molecule has 0 aliphatic heterocycles. The second-order valence-electron chi connectivity index (χ2n) is 9.96. The van der Waals surface area contributed by atoms with Gasteiger partial charge >= 0.3 is 23.9 Å². The van der Waals surface area contributed by atoms with Crippen LogP contribution in [-0.4, -0.2) is 47.3 Å². The minimum atomic E-state index is -1.47. The Morgan fingerprint density at radius 1 is 0.806 bits per heavy atom. The molecule has 1 aromatic carbocycles. The minimum Gasteiger partial charge on any atom is -0.478 e. The molecule has 0 aliphatic rings. The molecule has 0 saturated carbocycles. The highest BCUT2D eigenvalue weighted by Gasteiger charge is 2.47. The fourth-order valence-electron chi connectivity index (χ4n) is 3.25. The van der Waals surface area contributed by atoms with Crippen molar-refractivity contribution in [3.8, 4) is 0 Å². The van der Waals surface area contributed by atoms with Gasteiger partial charge in [0, 0.05) is 0 Å². The maximum absolute atomic E-state index is 12.8. The maximum atomic E-state index is 12.8. The van der Waals surface area contributed by atoms with Crippen molar-refractivity contribution in [3.63, 3.8) is 0 Å². The molecule has 8 nitrogen and oxygen atoms in total. The highest BCUT2D eigenvalue weighted by atomic mass is 16.6. The number of carboxylic acid groups (broad SMARTS) is 2. The molecule has 0 saturated heterocycles. The molecule has 0 aromatic heterocycles. The van der Waals surface area contributed by atoms with Crippen molar-refractivity contribution in [2.24, 2.45) is 16.2 Å². The van der Waals surface area contributed by atoms with Crippen LogP contribution in [0.25, 0.3) is 0 Å². The van der Waals surface area contributed by atoms with E-state index in [0.29, 0.717) is 6.42 Å². The summed E-state index contributed by atoms with van der Waals surface area (Å²) in [6.07, 6.45) is 0.607. The molecule has 0 spiro atoms. The first kappa shape index (κ1) is 26.1. The summed E-state index contributed by atoms with van der Waals surface area (Å²) in [5.74, 6) is -4.11. The predicted molar refractivity (Wildman–Crippen MR) is 113 cm³/mol. The summed E-state index contributed by atoms with van der Waals surface area (Å²) in [7, 11) is 0. The van der Waals surface area contributed by atoms with Gasteiger partial charge in [-0.15, -0.1) is 0 Å². The third-order valence-electron chi connectivity index (χ3n) is 5.26. The van der Waals surface area contributed by atoms with Crippen molar-refractivity contribution in [1.29, 1.82) is 0 Å². The zero-order valence-corrected chi connectivity index (χ0v) is 19.2. The molecular weight excluding hydrogens is 404 g/mol. The van der Waals surface area contributed by atoms with Gasteiger partial charge in [0.2, 0.25) is 0 Å². The van der Waals surface area contributed by atoms with Gasteiger partial charge in [0.05, 0.1) is 22.1 Å². The van der Waals surface area contributed by atoms with E-state index in [4.69, 9.17) is 19.7 Å². The summed E-state index contributed by atoms with van der Waals surface area (Å²) in [4.78, 5) is 47.4. The van der Waals surface area contributed by atoms with Gasteiger partial charge in [-0.3, -0.25) is 4.79 Å². The number of benzene rings is 1. The van der Waals surface area contributed by atoms with E-state index in [1.54, 1.807) is 0 Å². The Morgan fingerprint density at radius 2 is 1.32 bits per heavy atom. The Balaban J connectivity index is 2.78. The van der Waals surface area contributed by atoms with Crippen molar-refractivity contribution in [2.45, 2.75) is 54.9 Å². The van der Waals surface area contributed by atoms with Crippen LogP contribution in [0.4, 0.5) is 0 Å². The van der Waals surface area contributed by atoms with Crippen LogP contribution in [0.15, 0.2) is 18.2 Å². The van der Waals surface area contributed by atoms with Gasteiger partial charge in [0.15, 0.2) is 0 Å². The quantitative estimate of drug-likeness (QED) is 0.457. The van der Waals surface area contributed by atoms with E-state index in [-0.39, 0.29) is 35.6 Å². The summed E-state index contributed by atoms with van der Waals surface area (Å²) in [5.41, 5.74) is -2.26. The Hall–Kier alpha value is -2.90. The van der Waals surface area contributed by atoms with Crippen LogP contribution in [0.5, 0.6) is 0 Å². The monoisotopic (exact) mass is 436 g/mol. The molecule has 0 amide bonds. The molecule has 172 valence electrons. The molecule has 0 heterocycles. The smallest absolute Gasteiger partial charge is 0.338 e. The summed E-state index contributed by atoms with van der Waals surface area (Å²) < 4.78 is 10.4. The number of carbonyl (C=O) groups excluding carboxylic acids is 2. The first-order chi connectivity index (χ1) is 14.0. The highest BCUT2D eigenvalue weighted by Crippen LogP contribution is 2.47. The fraction of sp³-hybridized carbons (Fsp3) is 0.565. The Morgan fingerprint density at radius 3 is 1.77 bits per heavy atom. The van der Waals surface area contributed by atoms with Crippen LogP contribution in [0, 0.1) is 16.2 Å². The summed E-state index contributed by atoms with van der Waals surface area (Å²) >= 11 is 0. The number of carboxylic acids is 2. The fourth-order valence-corrected chi connectivity index (χ4v) is 3.25. The largest absolute Gasteiger partial charge is 0.478 e. The first-order valence-electron chi connectivity index (χ1n) is 9.94. The molecule has 0 fully saturated rings. The number of carbonyl (C=O) groups is 4. The van der Waals surface area contributed by atoms with Crippen molar-refractivity contribution >= 4 is 23.9 Å². The van der Waals surface area contributed by atoms with E-state index >= 15 is 0 Å². The lowest BCUT2D eigenvalue weighted by Gasteiger charge is -2.43. The first-order valence-corrected chi connectivity index (χ1v) is 9.94. The van der Waals surface area contributed by atoms with E-state index < -0.39 is 34.4 Å². The van der Waals surface area contributed by atoms with Crippen LogP contribution in [-0.2, 0) is 14.3 Å². The molecule has 1 unspecified atom stereocenters. The molecule has 0 radical (unpaired) electrons. The van der Waals surface area contributed by atoms with Crippen molar-refractivity contribution in [3.05, 3.63) is 34.9 Å². The molecule has 1 aromatic rings. The van der Waals surface area contributed by atoms with Crippen LogP contribution < -0.4 is 0 Å². The Bertz CT molecular complexity index is 857. The summed E-state index contributed by atoms with van der Waals surface area (Å²) in [5, 5.41) is 18.2. The lowest BCUT2D eigenvalue weighted by Crippen LogP contribution is -2.44. The third kappa shape index (κ3) is 6.80. The predicted octanol–water partition coefficient (Wildman–Crippen LogP) is 4.27. The molecular formula is C23H32O8. The molecule has 31 heavy (non-hydrogen) atoms. The number of rotatable bonds is 8. The van der Waals surface area contributed by atoms with Gasteiger partial charge in [-0.05, 0) is 42.4 Å². The average molecular weight is 437 g/mol. The normalized spacial score (nSPS) is 13.8. The van der Waals surface area contributed by atoms with E-state index in [2.05, 4.69) is 0 Å². The Labute approximate surface area is 182 Å². The second-order valence-corrected chi connectivity index (χ2v) is 9.96. The van der Waals surface area contributed by atoms with E-state index in [1.807, 2.05) is 48.5 Å². The zero-order chi connectivity index (χ0) is 24.2. The van der Waals surface area contributed by atoms with Gasteiger partial charge in [-0.2, -0.15) is 0 Å². The standard InChI is InChI=1S/C23H32O8/c1-21(2,3)13-23(7,22(4,5)6)20(29)31-11-10-30-19(28)14-8-9-15(17(24)25)16(12-14)18(26)27/h8-9,12H,10-11,13H2,1-7H3,(H,24,25)(H,26,27). The zero-order valence-electron chi connectivity index (χ0n) is 19.2. The van der Waals surface area contributed by atoms with Gasteiger partial charge < -0.3 is 19.7 Å². The molecule has 8 heteroatoms. The summed E-state index contributed by atoms with van der Waals surface area (Å²) in [6.45, 7) is 13.6. The second kappa shape index (κ2) is 9.49. The lowest BCUT2D eigenvalue weighted by molar-refractivity contribution is -0.165. The number of ether oxygens (including phenoxy) is 2. The molecule has 0 bridgehead atoms. The van der Waals surface area contributed by atoms with E-state index in [0.717, 1.165) is 12.1 Å². The van der Waals surface area contributed by atoms with Gasteiger partial charge in [-0.1, -0.05) is 41.5 Å². The molecule has 1 rings (SSSR count). The summed E-state index contributed by atoms with van der Waals surface area (Å²) in [6, 6.07) is 3.15. The van der Waals surface area contributed by atoms with E-state index in [1.165, 1.54) is 6.07 Å². The van der Waals surface area contributed by atoms with Crippen LogP contribution in [0.1, 0.15) is 86.0 Å². The number of esters is 2. The lowest BCUT2D eigenvalue weighted by atomic mass is 9.61. The van der Waals surface area contributed by atoms with Crippen molar-refractivity contribution in [2.75, 3.05) is 13.2 Å². The van der Waals surface area contributed by atoms with Crippen molar-refractivity contribution in [1.82, 2.24) is 0 Å². The third-order valence-corrected chi connectivity index (χ3v) is 5.26. The number of aromatic carboxylic acids is 2. The van der Waals surface area contributed by atoms with Crippen LogP contribution >= 0.6 is 0 Å². The van der Waals surface area contributed by atoms with Gasteiger partial charge in [0.25, 0.3) is 0 Å². The van der Waals surface area contributed by atoms with Crippen LogP contribution in [0.3, 0.4) is 0 Å². The maximum Gasteiger partial charge on any atom is 0.338 e. The highest BCUT2D eigenvalue weighted by molar-refractivity contribution is 6.03. The van der Waals surface area contributed by atoms with Crippen molar-refractivity contribution < 1.29 is 38.9 Å². The average Bonchev–Trinajstić information content (AvgIpc) is 2.61. The SMILES string of the molecule is CC(C)(C)CC(C)(C(=O)OCCOC(=O)c1ccc(C(=O)O)c(C(=O)O)c1)C(C)(C)C. The van der Waals surface area contributed by atoms with Gasteiger partial charge in [-0.25, -0.2) is 14.4 Å². The minimum absolute atomic E-state index is 0.0997. The molecule has 0 aliphatic carbocycles. The Kier molecular flexibility index (Phi) is 8.00. The molecule has 2 N–H and O–H groups in total.